The number of nitrogens with one attached hydrogen (secondary N) is 1. The van der Waals surface area contributed by atoms with Crippen LogP contribution < -0.4 is 4.72 Å². The highest BCUT2D eigenvalue weighted by Crippen LogP contribution is 2.25. The van der Waals surface area contributed by atoms with E-state index >= 15 is 0 Å². The van der Waals surface area contributed by atoms with Gasteiger partial charge in [-0.2, -0.15) is 0 Å². The van der Waals surface area contributed by atoms with Crippen LogP contribution in [0.4, 0.5) is 0 Å². The topological polar surface area (TPSA) is 88.8 Å². The quantitative estimate of drug-likeness (QED) is 0.778. The second-order valence-electron chi connectivity index (χ2n) is 3.63. The molecule has 0 saturated heterocycles. The Kier molecular flexibility index (Phi) is 5.80. The second kappa shape index (κ2) is 6.67. The molecular weight excluding hydrogens is 326 g/mol. The van der Waals surface area contributed by atoms with Crippen molar-refractivity contribution in [3.63, 3.8) is 0 Å². The van der Waals surface area contributed by atoms with Crippen LogP contribution in [0, 0.1) is 0 Å². The van der Waals surface area contributed by atoms with Crippen LogP contribution in [0.5, 0.6) is 0 Å². The van der Waals surface area contributed by atoms with Gasteiger partial charge >= 0.3 is 0 Å². The molecule has 1 heterocycles. The fourth-order valence-electron chi connectivity index (χ4n) is 1.31. The van der Waals surface area contributed by atoms with Crippen molar-refractivity contribution in [2.24, 2.45) is 0 Å². The zero-order valence-corrected chi connectivity index (χ0v) is 12.5. The predicted molar refractivity (Wildman–Crippen MR) is 68.6 cm³/mol. The lowest BCUT2D eigenvalue weighted by atomic mass is 10.4. The number of rotatable bonds is 7. The Labute approximate surface area is 115 Å². The number of furan rings is 1. The molecule has 6 nitrogen and oxygen atoms in total. The Morgan fingerprint density at radius 2 is 2.28 bits per heavy atom. The van der Waals surface area contributed by atoms with Crippen molar-refractivity contribution in [3.8, 4) is 0 Å². The SMILES string of the molecule is CCOC(C)CNS(=O)(=O)c1cc(CO)oc1Br. The molecule has 0 aliphatic rings. The maximum Gasteiger partial charge on any atom is 0.245 e. The number of ether oxygens (including phenoxy) is 1. The van der Waals surface area contributed by atoms with Crippen LogP contribution in [-0.2, 0) is 21.4 Å². The molecule has 0 aromatic carbocycles. The second-order valence-corrected chi connectivity index (χ2v) is 6.08. The number of hydrogen-bond donors (Lipinski definition) is 2. The number of halogens is 1. The minimum absolute atomic E-state index is 0.0322. The standard InChI is InChI=1S/C10H16BrNO5S/c1-3-16-7(2)5-12-18(14,15)9-4-8(6-13)17-10(9)11/h4,7,12-13H,3,5-6H2,1-2H3. The number of aliphatic hydroxyl groups excluding tert-OH is 1. The van der Waals surface area contributed by atoms with Gasteiger partial charge in [-0.05, 0) is 29.8 Å². The Bertz CT molecular complexity index is 484. The summed E-state index contributed by atoms with van der Waals surface area (Å²) in [7, 11) is -3.68. The van der Waals surface area contributed by atoms with E-state index in [-0.39, 0.29) is 34.6 Å². The van der Waals surface area contributed by atoms with Crippen molar-refractivity contribution in [1.82, 2.24) is 4.72 Å². The van der Waals surface area contributed by atoms with Crippen molar-refractivity contribution in [2.75, 3.05) is 13.2 Å². The van der Waals surface area contributed by atoms with Crippen LogP contribution in [0.2, 0.25) is 0 Å². The first-order chi connectivity index (χ1) is 8.40. The van der Waals surface area contributed by atoms with E-state index in [9.17, 15) is 8.42 Å². The lowest BCUT2D eigenvalue weighted by molar-refractivity contribution is 0.0799. The third-order valence-corrected chi connectivity index (χ3v) is 4.44. The molecule has 2 N–H and O–H groups in total. The summed E-state index contributed by atoms with van der Waals surface area (Å²) in [6.07, 6.45) is -0.215. The zero-order valence-electron chi connectivity index (χ0n) is 10.1. The van der Waals surface area contributed by atoms with Gasteiger partial charge in [0, 0.05) is 19.2 Å². The van der Waals surface area contributed by atoms with Gasteiger partial charge in [0.15, 0.2) is 4.67 Å². The smallest absolute Gasteiger partial charge is 0.245 e. The van der Waals surface area contributed by atoms with Crippen molar-refractivity contribution >= 4 is 26.0 Å². The number of hydrogen-bond acceptors (Lipinski definition) is 5. The third kappa shape index (κ3) is 4.06. The lowest BCUT2D eigenvalue weighted by Crippen LogP contribution is -2.32. The molecule has 8 heteroatoms. The first-order valence-corrected chi connectivity index (χ1v) is 7.68. The van der Waals surface area contributed by atoms with Crippen LogP contribution in [0.1, 0.15) is 19.6 Å². The fraction of sp³-hybridized carbons (Fsp3) is 0.600. The van der Waals surface area contributed by atoms with Crippen molar-refractivity contribution < 1.29 is 22.7 Å². The van der Waals surface area contributed by atoms with Gasteiger partial charge < -0.3 is 14.3 Å². The van der Waals surface area contributed by atoms with E-state index in [2.05, 4.69) is 20.7 Å². The van der Waals surface area contributed by atoms with Crippen LogP contribution >= 0.6 is 15.9 Å². The molecule has 0 spiro atoms. The zero-order chi connectivity index (χ0) is 13.8. The first kappa shape index (κ1) is 15.6. The van der Waals surface area contributed by atoms with E-state index < -0.39 is 10.0 Å². The van der Waals surface area contributed by atoms with Crippen LogP contribution in [-0.4, -0.2) is 32.8 Å². The van der Waals surface area contributed by atoms with Crippen molar-refractivity contribution in [1.29, 1.82) is 0 Å². The Morgan fingerprint density at radius 3 is 2.78 bits per heavy atom. The molecule has 1 aromatic heterocycles. The average Bonchev–Trinajstić information content (AvgIpc) is 2.69. The molecule has 0 bridgehead atoms. The van der Waals surface area contributed by atoms with Gasteiger partial charge in [-0.3, -0.25) is 0 Å². The van der Waals surface area contributed by atoms with E-state index in [1.54, 1.807) is 6.92 Å². The molecule has 0 aliphatic carbocycles. The Balaban J connectivity index is 2.76. The highest BCUT2D eigenvalue weighted by atomic mass is 79.9. The van der Waals surface area contributed by atoms with Crippen molar-refractivity contribution in [2.45, 2.75) is 31.5 Å². The van der Waals surface area contributed by atoms with Gasteiger partial charge in [0.05, 0.1) is 6.10 Å². The molecular formula is C10H16BrNO5S. The van der Waals surface area contributed by atoms with Crippen LogP contribution in [0.3, 0.4) is 0 Å². The number of aliphatic hydroxyl groups is 1. The number of sulfonamides is 1. The summed E-state index contributed by atoms with van der Waals surface area (Å²) in [6, 6.07) is 1.28. The van der Waals surface area contributed by atoms with E-state index in [1.807, 2.05) is 6.92 Å². The van der Waals surface area contributed by atoms with E-state index in [4.69, 9.17) is 14.3 Å². The summed E-state index contributed by atoms with van der Waals surface area (Å²) in [5.41, 5.74) is 0. The predicted octanol–water partition coefficient (Wildman–Crippen LogP) is 1.24. The fourth-order valence-corrected chi connectivity index (χ4v) is 3.42. The highest BCUT2D eigenvalue weighted by Gasteiger charge is 2.22. The highest BCUT2D eigenvalue weighted by molar-refractivity contribution is 9.10. The Morgan fingerprint density at radius 1 is 1.61 bits per heavy atom. The molecule has 1 atom stereocenters. The largest absolute Gasteiger partial charge is 0.450 e. The van der Waals surface area contributed by atoms with Crippen LogP contribution in [0.15, 0.2) is 20.0 Å². The molecule has 0 radical (unpaired) electrons. The minimum atomic E-state index is -3.68. The molecule has 0 fully saturated rings. The third-order valence-electron chi connectivity index (χ3n) is 2.16. The summed E-state index contributed by atoms with van der Waals surface area (Å²) < 4.78 is 36.6. The molecule has 0 aliphatic heterocycles. The van der Waals surface area contributed by atoms with Gasteiger partial charge in [0.25, 0.3) is 0 Å². The molecule has 18 heavy (non-hydrogen) atoms. The molecule has 1 unspecified atom stereocenters. The van der Waals surface area contributed by atoms with Gasteiger partial charge in [0.2, 0.25) is 10.0 Å². The summed E-state index contributed by atoms with van der Waals surface area (Å²) in [5, 5.41) is 8.88. The molecule has 1 rings (SSSR count). The van der Waals surface area contributed by atoms with Crippen molar-refractivity contribution in [3.05, 3.63) is 16.5 Å². The van der Waals surface area contributed by atoms with E-state index in [1.165, 1.54) is 6.07 Å². The first-order valence-electron chi connectivity index (χ1n) is 5.41. The van der Waals surface area contributed by atoms with Gasteiger partial charge in [-0.15, -0.1) is 0 Å². The van der Waals surface area contributed by atoms with Gasteiger partial charge in [-0.25, -0.2) is 13.1 Å². The van der Waals surface area contributed by atoms with Gasteiger partial charge in [0.1, 0.15) is 17.3 Å². The monoisotopic (exact) mass is 341 g/mol. The summed E-state index contributed by atoms with van der Waals surface area (Å²) in [6.45, 7) is 3.94. The normalized spacial score (nSPS) is 13.8. The molecule has 1 aromatic rings. The Hall–Kier alpha value is -0.410. The van der Waals surface area contributed by atoms with E-state index in [0.29, 0.717) is 6.61 Å². The molecule has 104 valence electrons. The molecule has 0 amide bonds. The maximum atomic E-state index is 12.0. The van der Waals surface area contributed by atoms with Gasteiger partial charge in [-0.1, -0.05) is 0 Å². The summed E-state index contributed by atoms with van der Waals surface area (Å²) in [5.74, 6) is 0.181. The summed E-state index contributed by atoms with van der Waals surface area (Å²) >= 11 is 3.00. The summed E-state index contributed by atoms with van der Waals surface area (Å²) in [4.78, 5) is -0.0322. The average molecular weight is 342 g/mol. The maximum absolute atomic E-state index is 12.0. The van der Waals surface area contributed by atoms with Crippen LogP contribution in [0.25, 0.3) is 0 Å². The van der Waals surface area contributed by atoms with E-state index in [0.717, 1.165) is 0 Å². The minimum Gasteiger partial charge on any atom is -0.450 e. The lowest BCUT2D eigenvalue weighted by Gasteiger charge is -2.12. The molecule has 0 saturated carbocycles.